The minimum absolute atomic E-state index is 0.0539. The van der Waals surface area contributed by atoms with E-state index < -0.39 is 40.7 Å². The van der Waals surface area contributed by atoms with E-state index in [4.69, 9.17) is 0 Å². The second kappa shape index (κ2) is 27.5. The van der Waals surface area contributed by atoms with E-state index in [0.29, 0.717) is 11.1 Å². The zero-order valence-electron chi connectivity index (χ0n) is 37.8. The fourth-order valence-electron chi connectivity index (χ4n) is 7.85. The van der Waals surface area contributed by atoms with Crippen LogP contribution < -0.4 is 0 Å². The van der Waals surface area contributed by atoms with Gasteiger partial charge in [-0.2, -0.15) is 10.2 Å². The topological polar surface area (TPSA) is 338 Å². The molecule has 0 spiro atoms. The molecule has 68 heavy (non-hydrogen) atoms. The molecule has 0 radical (unpaired) electrons. The summed E-state index contributed by atoms with van der Waals surface area (Å²) >= 11 is 0. The van der Waals surface area contributed by atoms with Crippen LogP contribution in [0, 0.1) is 10.1 Å². The number of hydrogen-bond donors (Lipinski definition) is 7. The van der Waals surface area contributed by atoms with Crippen molar-refractivity contribution in [1.29, 1.82) is 0 Å². The number of aromatic hydroxyl groups is 1. The van der Waals surface area contributed by atoms with Crippen molar-refractivity contribution in [2.45, 2.75) is 13.1 Å². The lowest BCUT2D eigenvalue weighted by Crippen LogP contribution is -2.48. The van der Waals surface area contributed by atoms with Crippen LogP contribution in [0.1, 0.15) is 11.1 Å². The lowest BCUT2D eigenvalue weighted by molar-refractivity contribution is -0.384. The van der Waals surface area contributed by atoms with Crippen LogP contribution in [-0.2, 0) is 41.9 Å². The molecule has 0 bridgehead atoms. The first-order valence-electron chi connectivity index (χ1n) is 21.9. The van der Waals surface area contributed by atoms with Crippen LogP contribution in [0.25, 0.3) is 0 Å². The number of non-ortho nitro benzene ring substituents is 1. The predicted octanol–water partition coefficient (Wildman–Crippen LogP) is -0.333. The van der Waals surface area contributed by atoms with Crippen molar-refractivity contribution in [3.63, 3.8) is 0 Å². The lowest BCUT2D eigenvalue weighted by Gasteiger charge is -2.34. The standard InChI is InChI=1S/C42H61N11O15/c54-36(55)25-47-9-5-45(6-10-48(26-37(56)57)14-18-51(17-13-47)29-40(62)63)23-31-21-34(44-43-33-1-3-35(4-2-33)53(67)68)22-32(42(31)66)24-46-7-11-49(27-38(58)59)15-19-52(30-41(64)65)20-16-50(12-8-46)28-39(60)61/h1-4,21-22,66H,5-20,23-30H2,(H,54,55)(H,56,57)(H,58,59)(H,60,61)(H,62,63)(H,64,65). The van der Waals surface area contributed by atoms with Gasteiger partial charge < -0.3 is 35.7 Å². The summed E-state index contributed by atoms with van der Waals surface area (Å²) in [4.78, 5) is 95.4. The van der Waals surface area contributed by atoms with Crippen LogP contribution in [0.3, 0.4) is 0 Å². The second-order valence-corrected chi connectivity index (χ2v) is 16.7. The summed E-state index contributed by atoms with van der Waals surface area (Å²) in [5.74, 6) is -6.66. The Bertz CT molecular complexity index is 1910. The third kappa shape index (κ3) is 20.3. The van der Waals surface area contributed by atoms with E-state index in [0.717, 1.165) is 0 Å². The Hall–Kier alpha value is -6.26. The third-order valence-electron chi connectivity index (χ3n) is 11.4. The Kier molecular flexibility index (Phi) is 22.0. The van der Waals surface area contributed by atoms with Gasteiger partial charge >= 0.3 is 35.8 Å². The van der Waals surface area contributed by atoms with E-state index in [2.05, 4.69) is 10.2 Å². The molecule has 2 aliphatic rings. The van der Waals surface area contributed by atoms with E-state index >= 15 is 0 Å². The normalized spacial score (nSPS) is 18.5. The van der Waals surface area contributed by atoms with Crippen LogP contribution in [0.2, 0.25) is 0 Å². The number of benzene rings is 2. The van der Waals surface area contributed by atoms with Crippen molar-refractivity contribution < 1.29 is 69.4 Å². The molecule has 0 aliphatic carbocycles. The Morgan fingerprint density at radius 3 is 0.897 bits per heavy atom. The number of aliphatic carboxylic acids is 6. The molecular weight excluding hydrogens is 899 g/mol. The van der Waals surface area contributed by atoms with Gasteiger partial charge in [-0.1, -0.05) is 0 Å². The largest absolute Gasteiger partial charge is 0.507 e. The van der Waals surface area contributed by atoms with Gasteiger partial charge in [-0.3, -0.25) is 78.1 Å². The van der Waals surface area contributed by atoms with Crippen molar-refractivity contribution in [3.05, 3.63) is 57.6 Å². The number of azo groups is 1. The Labute approximate surface area is 391 Å². The molecule has 0 atom stereocenters. The van der Waals surface area contributed by atoms with Crippen LogP contribution in [0.4, 0.5) is 17.1 Å². The SMILES string of the molecule is O=C(O)CN1CCN(CC(=O)O)CCN(Cc2cc(N=Nc3ccc([N+](=O)[O-])cc3)cc(CN3CCN(CC(=O)O)CCN(CC(=O)O)CCN(CC(=O)O)CC3)c2O)CCN(CC(=O)O)CC1. The van der Waals surface area contributed by atoms with Gasteiger partial charge in [0.05, 0.1) is 55.6 Å². The summed E-state index contributed by atoms with van der Waals surface area (Å²) in [6.07, 6.45) is 0. The molecule has 374 valence electrons. The monoisotopic (exact) mass is 959 g/mol. The van der Waals surface area contributed by atoms with Gasteiger partial charge in [0.1, 0.15) is 5.75 Å². The van der Waals surface area contributed by atoms with Crippen molar-refractivity contribution in [3.8, 4) is 5.75 Å². The minimum Gasteiger partial charge on any atom is -0.507 e. The number of carbonyl (C=O) groups is 6. The number of carboxylic acid groups (broad SMARTS) is 6. The first kappa shape index (κ1) is 54.3. The van der Waals surface area contributed by atoms with Crippen molar-refractivity contribution in [1.82, 2.24) is 39.2 Å². The first-order chi connectivity index (χ1) is 32.3. The zero-order valence-corrected chi connectivity index (χ0v) is 37.8. The molecule has 4 rings (SSSR count). The Morgan fingerprint density at radius 1 is 0.426 bits per heavy atom. The minimum atomic E-state index is -1.09. The molecule has 0 unspecified atom stereocenters. The van der Waals surface area contributed by atoms with Crippen LogP contribution in [-0.4, -0.2) is 260 Å². The van der Waals surface area contributed by atoms with Gasteiger partial charge in [-0.15, -0.1) is 0 Å². The maximum atomic E-state index is 12.1. The van der Waals surface area contributed by atoms with Crippen LogP contribution in [0.5, 0.6) is 5.75 Å². The number of nitrogens with zero attached hydrogens (tertiary/aromatic N) is 11. The highest BCUT2D eigenvalue weighted by Gasteiger charge is 2.24. The molecule has 2 fully saturated rings. The van der Waals surface area contributed by atoms with E-state index in [1.54, 1.807) is 41.5 Å². The molecule has 2 saturated heterocycles. The number of phenols is 1. The molecule has 26 heteroatoms. The van der Waals surface area contributed by atoms with Crippen LogP contribution in [0.15, 0.2) is 46.6 Å². The summed E-state index contributed by atoms with van der Waals surface area (Å²) in [6, 6.07) is 8.56. The second-order valence-electron chi connectivity index (χ2n) is 16.7. The first-order valence-corrected chi connectivity index (χ1v) is 21.9. The molecule has 2 aromatic rings. The molecule has 2 heterocycles. The quantitative estimate of drug-likeness (QED) is 0.0538. The summed E-state index contributed by atoms with van der Waals surface area (Å²) in [5.41, 5.74) is 1.13. The highest BCUT2D eigenvalue weighted by atomic mass is 16.6. The smallest absolute Gasteiger partial charge is 0.317 e. The predicted molar refractivity (Wildman–Crippen MR) is 240 cm³/mol. The average Bonchev–Trinajstić information content (AvgIpc) is 3.25. The molecule has 0 saturated carbocycles. The number of phenolic OH excluding ortho intramolecular Hbond substituents is 1. The summed E-state index contributed by atoms with van der Waals surface area (Å²) in [5, 5.41) is 90.0. The zero-order chi connectivity index (χ0) is 49.8. The Morgan fingerprint density at radius 2 is 0.662 bits per heavy atom. The lowest BCUT2D eigenvalue weighted by atomic mass is 10.1. The Balaban J connectivity index is 1.73. The maximum absolute atomic E-state index is 12.1. The number of hydrogen-bond acceptors (Lipinski definition) is 19. The van der Waals surface area contributed by atoms with E-state index in [-0.39, 0.29) is 180 Å². The highest BCUT2D eigenvalue weighted by molar-refractivity contribution is 5.71. The van der Waals surface area contributed by atoms with Gasteiger partial charge in [-0.25, -0.2) is 0 Å². The van der Waals surface area contributed by atoms with Crippen molar-refractivity contribution in [2.24, 2.45) is 10.2 Å². The third-order valence-corrected chi connectivity index (χ3v) is 11.4. The maximum Gasteiger partial charge on any atom is 0.317 e. The van der Waals surface area contributed by atoms with E-state index in [9.17, 15) is 74.6 Å². The van der Waals surface area contributed by atoms with Crippen molar-refractivity contribution in [2.75, 3.05) is 144 Å². The molecule has 2 aliphatic heterocycles. The number of nitro groups is 1. The highest BCUT2D eigenvalue weighted by Crippen LogP contribution is 2.32. The average molecular weight is 960 g/mol. The summed E-state index contributed by atoms with van der Waals surface area (Å²) < 4.78 is 0. The molecular formula is C42H61N11O15. The van der Waals surface area contributed by atoms with Gasteiger partial charge in [0.2, 0.25) is 0 Å². The van der Waals surface area contributed by atoms with E-state index in [1.165, 1.54) is 24.3 Å². The van der Waals surface area contributed by atoms with E-state index in [1.807, 2.05) is 9.80 Å². The number of rotatable bonds is 19. The number of nitro benzene ring substituents is 1. The van der Waals surface area contributed by atoms with Gasteiger partial charge in [0.25, 0.3) is 5.69 Å². The fourth-order valence-corrected chi connectivity index (χ4v) is 7.85. The molecule has 0 amide bonds. The van der Waals surface area contributed by atoms with Gasteiger partial charge in [0.15, 0.2) is 0 Å². The molecule has 2 aromatic carbocycles. The molecule has 7 N–H and O–H groups in total. The fraction of sp³-hybridized carbons (Fsp3) is 0.571. The summed E-state index contributed by atoms with van der Waals surface area (Å²) in [7, 11) is 0. The van der Waals surface area contributed by atoms with Gasteiger partial charge in [0, 0.05) is 141 Å². The van der Waals surface area contributed by atoms with Gasteiger partial charge in [-0.05, 0) is 24.3 Å². The molecule has 26 nitrogen and oxygen atoms in total. The van der Waals surface area contributed by atoms with Crippen molar-refractivity contribution >= 4 is 52.9 Å². The summed E-state index contributed by atoms with van der Waals surface area (Å²) in [6.45, 7) is 1.53. The van der Waals surface area contributed by atoms with Crippen LogP contribution >= 0.6 is 0 Å². The number of carboxylic acids is 6. The molecule has 0 aromatic heterocycles.